The highest BCUT2D eigenvalue weighted by atomic mass is 19.1. The summed E-state index contributed by atoms with van der Waals surface area (Å²) in [6, 6.07) is 11.9. The number of Topliss-reactive ketones (excluding diaryl/α,β-unsaturated/α-hetero) is 1. The lowest BCUT2D eigenvalue weighted by Gasteiger charge is -2.35. The van der Waals surface area contributed by atoms with Crippen molar-refractivity contribution in [1.82, 2.24) is 9.80 Å². The van der Waals surface area contributed by atoms with Crippen LogP contribution in [0.5, 0.6) is 0 Å². The second-order valence-electron chi connectivity index (χ2n) is 9.26. The number of halogens is 1. The van der Waals surface area contributed by atoms with Crippen LogP contribution in [0.15, 0.2) is 66.8 Å². The molecule has 0 radical (unpaired) electrons. The normalized spacial score (nSPS) is 23.2. The van der Waals surface area contributed by atoms with Gasteiger partial charge in [-0.2, -0.15) is 0 Å². The van der Waals surface area contributed by atoms with Crippen molar-refractivity contribution in [3.63, 3.8) is 0 Å². The molecule has 2 aromatic rings. The zero-order valence-electron chi connectivity index (χ0n) is 20.4. The standard InChI is InChI=1S/C28H28FN3O5/c1-2-12-31-22-7-4-3-6-21(22)28(27(31)36)23(24(33)19-8-10-20(29)11-9-19)25(34)26(35)32(28)14-5-13-30-15-17-37-18-16-30/h2-4,6-11,33H,1,5,12-18H2/b24-23+. The van der Waals surface area contributed by atoms with Gasteiger partial charge in [-0.25, -0.2) is 4.39 Å². The average molecular weight is 506 g/mol. The summed E-state index contributed by atoms with van der Waals surface area (Å²) in [7, 11) is 0. The van der Waals surface area contributed by atoms with E-state index in [0.717, 1.165) is 25.2 Å². The van der Waals surface area contributed by atoms with E-state index < -0.39 is 34.7 Å². The lowest BCUT2D eigenvalue weighted by atomic mass is 9.82. The van der Waals surface area contributed by atoms with E-state index in [0.29, 0.717) is 37.4 Å². The Hall–Kier alpha value is -3.82. The van der Waals surface area contributed by atoms with Crippen LogP contribution in [0, 0.1) is 5.82 Å². The van der Waals surface area contributed by atoms with Crippen LogP contribution in [0.25, 0.3) is 5.76 Å². The third-order valence-electron chi connectivity index (χ3n) is 7.20. The second-order valence-corrected chi connectivity index (χ2v) is 9.26. The van der Waals surface area contributed by atoms with Crippen molar-refractivity contribution in [2.24, 2.45) is 0 Å². The fraction of sp³-hybridized carbons (Fsp3) is 0.321. The van der Waals surface area contributed by atoms with Crippen molar-refractivity contribution >= 4 is 29.0 Å². The number of ketones is 1. The number of anilines is 1. The molecular formula is C28H28FN3O5. The van der Waals surface area contributed by atoms with Crippen molar-refractivity contribution in [3.8, 4) is 0 Å². The van der Waals surface area contributed by atoms with Crippen LogP contribution in [0.1, 0.15) is 17.5 Å². The summed E-state index contributed by atoms with van der Waals surface area (Å²) in [5.74, 6) is -3.35. The van der Waals surface area contributed by atoms with Gasteiger partial charge in [0.15, 0.2) is 5.54 Å². The Balaban J connectivity index is 1.65. The van der Waals surface area contributed by atoms with Gasteiger partial charge >= 0.3 is 0 Å². The maximum absolute atomic E-state index is 14.2. The van der Waals surface area contributed by atoms with Gasteiger partial charge in [-0.3, -0.25) is 19.3 Å². The lowest BCUT2D eigenvalue weighted by Crippen LogP contribution is -2.52. The van der Waals surface area contributed by atoms with Gasteiger partial charge in [0.1, 0.15) is 11.6 Å². The molecule has 3 aliphatic heterocycles. The largest absolute Gasteiger partial charge is 0.507 e. The predicted octanol–water partition coefficient (Wildman–Crippen LogP) is 2.66. The molecule has 37 heavy (non-hydrogen) atoms. The highest BCUT2D eigenvalue weighted by Crippen LogP contribution is 2.53. The smallest absolute Gasteiger partial charge is 0.296 e. The van der Waals surface area contributed by atoms with Crippen molar-refractivity contribution in [3.05, 3.63) is 83.7 Å². The molecule has 3 heterocycles. The Morgan fingerprint density at radius 3 is 2.46 bits per heavy atom. The molecule has 8 nitrogen and oxygen atoms in total. The number of morpholine rings is 1. The number of hydrogen-bond acceptors (Lipinski definition) is 6. The minimum Gasteiger partial charge on any atom is -0.507 e. The molecule has 0 bridgehead atoms. The number of amides is 2. The van der Waals surface area contributed by atoms with Crippen molar-refractivity contribution < 1.29 is 28.6 Å². The van der Waals surface area contributed by atoms with Crippen molar-refractivity contribution in [2.45, 2.75) is 12.0 Å². The first-order valence-electron chi connectivity index (χ1n) is 12.3. The van der Waals surface area contributed by atoms with Crippen LogP contribution >= 0.6 is 0 Å². The SMILES string of the molecule is C=CCN1C(=O)C2(/C(=C(/O)c3ccc(F)cc3)C(=O)C(=O)N2CCCN2CCOCC2)c2ccccc21. The Bertz CT molecular complexity index is 1280. The molecule has 0 saturated carbocycles. The zero-order valence-corrected chi connectivity index (χ0v) is 20.4. The van der Waals surface area contributed by atoms with Gasteiger partial charge in [0.25, 0.3) is 17.6 Å². The number of para-hydroxylation sites is 1. The number of nitrogens with zero attached hydrogens (tertiary/aromatic N) is 3. The van der Waals surface area contributed by atoms with Crippen LogP contribution in [0.4, 0.5) is 10.1 Å². The van der Waals surface area contributed by atoms with Gasteiger partial charge < -0.3 is 19.6 Å². The van der Waals surface area contributed by atoms with E-state index in [2.05, 4.69) is 11.5 Å². The minimum absolute atomic E-state index is 0.129. The van der Waals surface area contributed by atoms with E-state index in [1.54, 1.807) is 30.3 Å². The first kappa shape index (κ1) is 24.9. The van der Waals surface area contributed by atoms with Gasteiger partial charge in [0.05, 0.1) is 24.5 Å². The van der Waals surface area contributed by atoms with Crippen LogP contribution in [0.3, 0.4) is 0 Å². The molecule has 2 fully saturated rings. The Labute approximate surface area is 214 Å². The molecule has 1 unspecified atom stereocenters. The van der Waals surface area contributed by atoms with Crippen LogP contribution in [-0.4, -0.2) is 78.4 Å². The fourth-order valence-corrected chi connectivity index (χ4v) is 5.51. The molecule has 5 rings (SSSR count). The molecule has 1 N–H and O–H groups in total. The summed E-state index contributed by atoms with van der Waals surface area (Å²) < 4.78 is 19.0. The first-order chi connectivity index (χ1) is 17.9. The van der Waals surface area contributed by atoms with E-state index >= 15 is 0 Å². The van der Waals surface area contributed by atoms with Crippen molar-refractivity contribution in [1.29, 1.82) is 0 Å². The molecule has 1 spiro atoms. The molecule has 2 aromatic carbocycles. The fourth-order valence-electron chi connectivity index (χ4n) is 5.51. The summed E-state index contributed by atoms with van der Waals surface area (Å²) in [5, 5.41) is 11.4. The Morgan fingerprint density at radius 2 is 1.76 bits per heavy atom. The summed E-state index contributed by atoms with van der Waals surface area (Å²) in [4.78, 5) is 46.3. The highest BCUT2D eigenvalue weighted by Gasteiger charge is 2.66. The number of carbonyl (C=O) groups is 3. The quantitative estimate of drug-likeness (QED) is 0.269. The Morgan fingerprint density at radius 1 is 1.05 bits per heavy atom. The molecule has 0 aromatic heterocycles. The zero-order chi connectivity index (χ0) is 26.2. The topological polar surface area (TPSA) is 90.4 Å². The summed E-state index contributed by atoms with van der Waals surface area (Å²) in [5.41, 5.74) is -1.02. The number of benzene rings is 2. The maximum atomic E-state index is 14.2. The molecule has 2 saturated heterocycles. The average Bonchev–Trinajstić information content (AvgIpc) is 3.28. The van der Waals surface area contributed by atoms with Gasteiger partial charge in [-0.05, 0) is 36.8 Å². The highest BCUT2D eigenvalue weighted by molar-refractivity contribution is 6.50. The van der Waals surface area contributed by atoms with Crippen molar-refractivity contribution in [2.75, 3.05) is 50.8 Å². The van der Waals surface area contributed by atoms with E-state index in [9.17, 15) is 23.9 Å². The van der Waals surface area contributed by atoms with E-state index in [1.807, 2.05) is 0 Å². The number of aliphatic hydroxyl groups excluding tert-OH is 1. The number of ether oxygens (including phenoxy) is 1. The third-order valence-corrected chi connectivity index (χ3v) is 7.20. The monoisotopic (exact) mass is 505 g/mol. The Kier molecular flexibility index (Phi) is 6.66. The lowest BCUT2D eigenvalue weighted by molar-refractivity contribution is -0.143. The molecule has 1 atom stereocenters. The van der Waals surface area contributed by atoms with Crippen LogP contribution in [0.2, 0.25) is 0 Å². The van der Waals surface area contributed by atoms with Gasteiger partial charge in [0.2, 0.25) is 0 Å². The van der Waals surface area contributed by atoms with E-state index in [4.69, 9.17) is 4.74 Å². The van der Waals surface area contributed by atoms with Crippen LogP contribution in [-0.2, 0) is 24.7 Å². The molecule has 2 amide bonds. The summed E-state index contributed by atoms with van der Waals surface area (Å²) in [6.45, 7) is 7.50. The predicted molar refractivity (Wildman–Crippen MR) is 135 cm³/mol. The maximum Gasteiger partial charge on any atom is 0.296 e. The number of rotatable bonds is 7. The second kappa shape index (κ2) is 9.91. The van der Waals surface area contributed by atoms with Gasteiger partial charge in [0, 0.05) is 43.9 Å². The number of aliphatic hydroxyl groups is 1. The van der Waals surface area contributed by atoms with Gasteiger partial charge in [-0.15, -0.1) is 6.58 Å². The number of carbonyl (C=O) groups excluding carboxylic acids is 3. The molecule has 0 aliphatic carbocycles. The summed E-state index contributed by atoms with van der Waals surface area (Å²) in [6.07, 6.45) is 2.08. The van der Waals surface area contributed by atoms with Crippen LogP contribution < -0.4 is 4.90 Å². The molecular weight excluding hydrogens is 477 g/mol. The first-order valence-corrected chi connectivity index (χ1v) is 12.3. The minimum atomic E-state index is -1.84. The molecule has 3 aliphatic rings. The van der Waals surface area contributed by atoms with E-state index in [1.165, 1.54) is 21.9 Å². The van der Waals surface area contributed by atoms with Gasteiger partial charge in [-0.1, -0.05) is 24.3 Å². The van der Waals surface area contributed by atoms with E-state index in [-0.39, 0.29) is 24.2 Å². The number of likely N-dealkylation sites (tertiary alicyclic amines) is 1. The molecule has 192 valence electrons. The number of fused-ring (bicyclic) bond motifs is 2. The third kappa shape index (κ3) is 3.95. The molecule has 9 heteroatoms. The summed E-state index contributed by atoms with van der Waals surface area (Å²) >= 11 is 0. The number of hydrogen-bond donors (Lipinski definition) is 1.